The Balaban J connectivity index is 1.44. The highest BCUT2D eigenvalue weighted by molar-refractivity contribution is 7.99. The van der Waals surface area contributed by atoms with Gasteiger partial charge in [0.05, 0.1) is 5.75 Å². The molecule has 1 aliphatic carbocycles. The number of thioether (sulfide) groups is 1. The zero-order valence-electron chi connectivity index (χ0n) is 16.1. The van der Waals surface area contributed by atoms with Gasteiger partial charge in [-0.05, 0) is 18.4 Å². The average Bonchev–Trinajstić information content (AvgIpc) is 2.93. The van der Waals surface area contributed by atoms with E-state index in [0.717, 1.165) is 18.4 Å². The predicted molar refractivity (Wildman–Crippen MR) is 111 cm³/mol. The van der Waals surface area contributed by atoms with E-state index in [9.17, 15) is 9.59 Å². The number of nitrogens with one attached hydrogen (secondary N) is 2. The summed E-state index contributed by atoms with van der Waals surface area (Å²) in [4.78, 5) is 27.4. The fourth-order valence-corrected chi connectivity index (χ4v) is 4.28. The third kappa shape index (κ3) is 5.03. The van der Waals surface area contributed by atoms with Crippen LogP contribution in [0.25, 0.3) is 5.78 Å². The summed E-state index contributed by atoms with van der Waals surface area (Å²) in [5.41, 5.74) is 1.10. The molecule has 1 aromatic carbocycles. The molecule has 0 spiro atoms. The van der Waals surface area contributed by atoms with Crippen LogP contribution in [0.4, 0.5) is 0 Å². The van der Waals surface area contributed by atoms with Crippen LogP contribution >= 0.6 is 11.8 Å². The zero-order chi connectivity index (χ0) is 20.1. The second kappa shape index (κ2) is 9.21. The van der Waals surface area contributed by atoms with E-state index in [-0.39, 0.29) is 29.0 Å². The minimum Gasteiger partial charge on any atom is -0.353 e. The Morgan fingerprint density at radius 2 is 1.90 bits per heavy atom. The molecule has 3 aromatic rings. The maximum Gasteiger partial charge on any atom is 0.274 e. The first kappa shape index (κ1) is 19.6. The van der Waals surface area contributed by atoms with Crippen molar-refractivity contribution in [3.63, 3.8) is 0 Å². The van der Waals surface area contributed by atoms with E-state index in [2.05, 4.69) is 25.6 Å². The van der Waals surface area contributed by atoms with Gasteiger partial charge >= 0.3 is 0 Å². The van der Waals surface area contributed by atoms with Crippen molar-refractivity contribution in [2.75, 3.05) is 5.75 Å². The van der Waals surface area contributed by atoms with Crippen molar-refractivity contribution < 1.29 is 4.79 Å². The fourth-order valence-electron chi connectivity index (χ4n) is 3.59. The molecule has 0 aliphatic heterocycles. The van der Waals surface area contributed by atoms with Crippen LogP contribution in [0, 0.1) is 0 Å². The number of hydrogen-bond donors (Lipinski definition) is 2. The van der Waals surface area contributed by atoms with E-state index in [0.29, 0.717) is 17.3 Å². The Morgan fingerprint density at radius 3 is 2.66 bits per heavy atom. The number of aromatic amines is 1. The zero-order valence-corrected chi connectivity index (χ0v) is 17.0. The topological polar surface area (TPSA) is 105 Å². The maximum absolute atomic E-state index is 12.3. The molecule has 0 radical (unpaired) electrons. The number of hydrogen-bond acceptors (Lipinski definition) is 6. The van der Waals surface area contributed by atoms with Gasteiger partial charge in [0.15, 0.2) is 0 Å². The number of nitrogens with zero attached hydrogens (tertiary/aromatic N) is 4. The number of H-pyrrole nitrogens is 1. The van der Waals surface area contributed by atoms with Gasteiger partial charge in [-0.15, -0.1) is 10.2 Å². The first-order chi connectivity index (χ1) is 14.2. The van der Waals surface area contributed by atoms with Crippen LogP contribution in [0.5, 0.6) is 0 Å². The van der Waals surface area contributed by atoms with Crippen molar-refractivity contribution in [2.45, 2.75) is 56.1 Å². The van der Waals surface area contributed by atoms with Gasteiger partial charge in [0, 0.05) is 12.5 Å². The normalized spacial score (nSPS) is 15.3. The summed E-state index contributed by atoms with van der Waals surface area (Å²) in [6, 6.07) is 9.95. The third-order valence-corrected chi connectivity index (χ3v) is 6.01. The SMILES string of the molecule is O=C(CSc1nnc2[nH]c(=O)c(Cc3ccccc3)nn12)NC1CCCCCC1. The maximum atomic E-state index is 12.3. The van der Waals surface area contributed by atoms with Crippen molar-refractivity contribution in [3.05, 3.63) is 51.9 Å². The molecule has 0 saturated heterocycles. The van der Waals surface area contributed by atoms with E-state index in [1.165, 1.54) is 42.0 Å². The Morgan fingerprint density at radius 1 is 1.14 bits per heavy atom. The molecular formula is C20H24N6O2S. The van der Waals surface area contributed by atoms with Crippen LogP contribution in [0.1, 0.15) is 49.8 Å². The quantitative estimate of drug-likeness (QED) is 0.476. The summed E-state index contributed by atoms with van der Waals surface area (Å²) in [6.07, 6.45) is 7.37. The van der Waals surface area contributed by atoms with Gasteiger partial charge in [-0.3, -0.25) is 14.6 Å². The molecular weight excluding hydrogens is 388 g/mol. The van der Waals surface area contributed by atoms with Gasteiger partial charge in [0.1, 0.15) is 5.69 Å². The van der Waals surface area contributed by atoms with Crippen LogP contribution in [0.15, 0.2) is 40.3 Å². The van der Waals surface area contributed by atoms with Crippen molar-refractivity contribution in [1.29, 1.82) is 0 Å². The molecule has 29 heavy (non-hydrogen) atoms. The Hall–Kier alpha value is -2.68. The van der Waals surface area contributed by atoms with E-state index in [4.69, 9.17) is 0 Å². The number of fused-ring (bicyclic) bond motifs is 1. The number of carbonyl (C=O) groups excluding carboxylic acids is 1. The summed E-state index contributed by atoms with van der Waals surface area (Å²) in [5, 5.41) is 16.1. The lowest BCUT2D eigenvalue weighted by Crippen LogP contribution is -2.35. The minimum atomic E-state index is -0.281. The van der Waals surface area contributed by atoms with E-state index in [1.807, 2.05) is 30.3 Å². The molecule has 9 heteroatoms. The van der Waals surface area contributed by atoms with Gasteiger partial charge < -0.3 is 5.32 Å². The summed E-state index contributed by atoms with van der Waals surface area (Å²) in [5.74, 6) is 0.512. The predicted octanol–water partition coefficient (Wildman–Crippen LogP) is 2.33. The summed E-state index contributed by atoms with van der Waals surface area (Å²) in [6.45, 7) is 0. The Kier molecular flexibility index (Phi) is 6.24. The molecule has 1 saturated carbocycles. The van der Waals surface area contributed by atoms with Gasteiger partial charge in [0.2, 0.25) is 11.1 Å². The van der Waals surface area contributed by atoms with Crippen LogP contribution in [-0.2, 0) is 11.2 Å². The molecule has 0 unspecified atom stereocenters. The number of aromatic nitrogens is 5. The van der Waals surface area contributed by atoms with Gasteiger partial charge in [0.25, 0.3) is 11.3 Å². The molecule has 4 rings (SSSR count). The monoisotopic (exact) mass is 412 g/mol. The van der Waals surface area contributed by atoms with Crippen molar-refractivity contribution in [3.8, 4) is 0 Å². The van der Waals surface area contributed by atoms with E-state index < -0.39 is 0 Å². The van der Waals surface area contributed by atoms with Crippen LogP contribution in [0.3, 0.4) is 0 Å². The van der Waals surface area contributed by atoms with Gasteiger partial charge in [-0.1, -0.05) is 67.8 Å². The molecule has 0 atom stereocenters. The van der Waals surface area contributed by atoms with E-state index >= 15 is 0 Å². The lowest BCUT2D eigenvalue weighted by molar-refractivity contribution is -0.119. The molecule has 1 aliphatic rings. The van der Waals surface area contributed by atoms with E-state index in [1.54, 1.807) is 0 Å². The second-order valence-corrected chi connectivity index (χ2v) is 8.27. The Labute approximate surface area is 172 Å². The Bertz CT molecular complexity index is 1020. The molecule has 2 N–H and O–H groups in total. The van der Waals surface area contributed by atoms with Crippen molar-refractivity contribution >= 4 is 23.4 Å². The van der Waals surface area contributed by atoms with Crippen LogP contribution in [-0.4, -0.2) is 42.5 Å². The molecule has 8 nitrogen and oxygen atoms in total. The molecule has 2 aromatic heterocycles. The molecule has 152 valence electrons. The van der Waals surface area contributed by atoms with Gasteiger partial charge in [-0.25, -0.2) is 0 Å². The highest BCUT2D eigenvalue weighted by atomic mass is 32.2. The first-order valence-corrected chi connectivity index (χ1v) is 11.0. The number of carbonyl (C=O) groups is 1. The smallest absolute Gasteiger partial charge is 0.274 e. The standard InChI is InChI=1S/C20H24N6O2S/c27-17(21-15-10-6-1-2-7-11-15)13-29-20-24-23-19-22-18(28)16(25-26(19)20)12-14-8-4-3-5-9-14/h3-5,8-9,15H,1-2,6-7,10-13H2,(H,21,27)(H,22,23,28). The summed E-state index contributed by atoms with van der Waals surface area (Å²) < 4.78 is 1.50. The van der Waals surface area contributed by atoms with Crippen LogP contribution < -0.4 is 10.9 Å². The largest absolute Gasteiger partial charge is 0.353 e. The number of rotatable bonds is 6. The molecule has 2 heterocycles. The highest BCUT2D eigenvalue weighted by Gasteiger charge is 2.17. The van der Waals surface area contributed by atoms with Crippen molar-refractivity contribution in [2.24, 2.45) is 0 Å². The first-order valence-electron chi connectivity index (χ1n) is 10.00. The summed E-state index contributed by atoms with van der Waals surface area (Å²) in [7, 11) is 0. The third-order valence-electron chi connectivity index (χ3n) is 5.09. The molecule has 1 amide bonds. The summed E-state index contributed by atoms with van der Waals surface area (Å²) >= 11 is 1.27. The molecule has 1 fully saturated rings. The number of amides is 1. The number of benzene rings is 1. The van der Waals surface area contributed by atoms with Gasteiger partial charge in [-0.2, -0.15) is 9.61 Å². The van der Waals surface area contributed by atoms with Crippen molar-refractivity contribution in [1.82, 2.24) is 30.1 Å². The van der Waals surface area contributed by atoms with Crippen LogP contribution in [0.2, 0.25) is 0 Å². The highest BCUT2D eigenvalue weighted by Crippen LogP contribution is 2.18. The fraction of sp³-hybridized carbons (Fsp3) is 0.450. The minimum absolute atomic E-state index is 0.00687. The molecule has 0 bridgehead atoms. The average molecular weight is 413 g/mol. The lowest BCUT2D eigenvalue weighted by atomic mass is 10.1. The second-order valence-electron chi connectivity index (χ2n) is 7.33. The lowest BCUT2D eigenvalue weighted by Gasteiger charge is -2.15.